The second kappa shape index (κ2) is 6.87. The second-order valence-corrected chi connectivity index (χ2v) is 6.93. The van der Waals surface area contributed by atoms with Gasteiger partial charge in [-0.3, -0.25) is 9.78 Å². The average molecular weight is 444 g/mol. The number of rotatable bonds is 3. The molecule has 0 N–H and O–H groups in total. The summed E-state index contributed by atoms with van der Waals surface area (Å²) in [6.07, 6.45) is -7.96. The number of halogens is 8. The Morgan fingerprint density at radius 3 is 2.34 bits per heavy atom. The van der Waals surface area contributed by atoms with Crippen molar-refractivity contribution >= 4 is 29.4 Å². The van der Waals surface area contributed by atoms with Crippen molar-refractivity contribution in [3.05, 3.63) is 40.1 Å². The number of hydrogen-bond donors (Lipinski definition) is 0. The molecule has 0 bridgehead atoms. The van der Waals surface area contributed by atoms with E-state index in [4.69, 9.17) is 11.6 Å². The van der Waals surface area contributed by atoms with Gasteiger partial charge in [-0.25, -0.2) is 4.99 Å². The van der Waals surface area contributed by atoms with Gasteiger partial charge in [-0.05, 0) is 6.07 Å². The summed E-state index contributed by atoms with van der Waals surface area (Å²) in [5, 5.41) is 2.83. The standard InChI is InChI=1S/C16H11ClF7N4O/c1-28(8-2-3-8)13(18)11(12(27-28)16(22,23)24)14(29)26-6-10-9(17)4-7(5-25-10)15(19,20)21/h4-6,8H,2-3H2,1H3/q+1. The lowest BCUT2D eigenvalue weighted by Crippen LogP contribution is -2.37. The van der Waals surface area contributed by atoms with E-state index >= 15 is 0 Å². The summed E-state index contributed by atoms with van der Waals surface area (Å²) in [4.78, 5) is 18.8. The summed E-state index contributed by atoms with van der Waals surface area (Å²) < 4.78 is 91.3. The van der Waals surface area contributed by atoms with Crippen LogP contribution in [0.1, 0.15) is 24.1 Å². The van der Waals surface area contributed by atoms with Gasteiger partial charge in [0.05, 0.1) is 22.5 Å². The molecule has 2 aliphatic rings. The normalized spacial score (nSPS) is 23.1. The zero-order valence-corrected chi connectivity index (χ0v) is 15.2. The zero-order valence-electron chi connectivity index (χ0n) is 14.4. The van der Waals surface area contributed by atoms with Crippen molar-refractivity contribution in [1.82, 2.24) is 4.98 Å². The number of alkyl halides is 6. The minimum atomic E-state index is -5.10. The number of nitrogens with zero attached hydrogens (tertiary/aromatic N) is 4. The van der Waals surface area contributed by atoms with Gasteiger partial charge in [0.15, 0.2) is 5.57 Å². The first-order chi connectivity index (χ1) is 13.2. The first kappa shape index (κ1) is 21.4. The maximum atomic E-state index is 14.7. The van der Waals surface area contributed by atoms with Crippen molar-refractivity contribution in [2.75, 3.05) is 7.05 Å². The van der Waals surface area contributed by atoms with Gasteiger partial charge in [-0.2, -0.15) is 26.3 Å². The quantitative estimate of drug-likeness (QED) is 0.300. The van der Waals surface area contributed by atoms with E-state index in [1.807, 2.05) is 0 Å². The molecule has 0 spiro atoms. The van der Waals surface area contributed by atoms with E-state index in [2.05, 4.69) is 15.1 Å². The summed E-state index contributed by atoms with van der Waals surface area (Å²) >= 11 is 5.65. The summed E-state index contributed by atoms with van der Waals surface area (Å²) in [6.45, 7) is 0. The third-order valence-electron chi connectivity index (χ3n) is 4.39. The van der Waals surface area contributed by atoms with Crippen molar-refractivity contribution in [3.63, 3.8) is 0 Å². The predicted octanol–water partition coefficient (Wildman–Crippen LogP) is 4.42. The Hall–Kier alpha value is -2.34. The van der Waals surface area contributed by atoms with Crippen LogP contribution in [0.25, 0.3) is 0 Å². The van der Waals surface area contributed by atoms with Gasteiger partial charge >= 0.3 is 18.3 Å². The van der Waals surface area contributed by atoms with Gasteiger partial charge in [0.25, 0.3) is 5.91 Å². The Morgan fingerprint density at radius 2 is 1.86 bits per heavy atom. The third kappa shape index (κ3) is 4.04. The average Bonchev–Trinajstić information content (AvgIpc) is 3.39. The van der Waals surface area contributed by atoms with Crippen LogP contribution in [0.5, 0.6) is 0 Å². The van der Waals surface area contributed by atoms with Gasteiger partial charge in [0.1, 0.15) is 13.1 Å². The lowest BCUT2D eigenvalue weighted by atomic mass is 10.1. The fraction of sp³-hybridized carbons (Fsp3) is 0.375. The van der Waals surface area contributed by atoms with Crippen LogP contribution >= 0.6 is 11.6 Å². The van der Waals surface area contributed by atoms with Crippen molar-refractivity contribution in [2.24, 2.45) is 10.1 Å². The van der Waals surface area contributed by atoms with E-state index in [9.17, 15) is 35.5 Å². The highest BCUT2D eigenvalue weighted by Crippen LogP contribution is 2.44. The van der Waals surface area contributed by atoms with E-state index in [1.165, 1.54) is 0 Å². The Balaban J connectivity index is 1.93. The van der Waals surface area contributed by atoms with Crippen molar-refractivity contribution < 1.29 is 40.1 Å². The van der Waals surface area contributed by atoms with E-state index < -0.39 is 62.4 Å². The molecule has 1 aliphatic heterocycles. The van der Waals surface area contributed by atoms with Crippen molar-refractivity contribution in [3.8, 4) is 0 Å². The fourth-order valence-corrected chi connectivity index (χ4v) is 2.93. The van der Waals surface area contributed by atoms with Crippen LogP contribution < -0.4 is 0 Å². The Labute approximate surface area is 163 Å². The first-order valence-electron chi connectivity index (χ1n) is 8.00. The van der Waals surface area contributed by atoms with Crippen molar-refractivity contribution in [2.45, 2.75) is 31.2 Å². The van der Waals surface area contributed by atoms with Crippen LogP contribution in [0, 0.1) is 0 Å². The molecule has 1 aromatic rings. The molecule has 0 radical (unpaired) electrons. The monoisotopic (exact) mass is 443 g/mol. The summed E-state index contributed by atoms with van der Waals surface area (Å²) in [5.41, 5.74) is -4.61. The number of aliphatic imine (C=N–C) groups is 1. The first-order valence-corrected chi connectivity index (χ1v) is 8.38. The van der Waals surface area contributed by atoms with Crippen LogP contribution in [-0.2, 0) is 11.0 Å². The number of hydrogen-bond acceptors (Lipinski definition) is 3. The van der Waals surface area contributed by atoms with Crippen LogP contribution in [-0.4, -0.2) is 46.7 Å². The number of quaternary nitrogens is 1. The summed E-state index contributed by atoms with van der Waals surface area (Å²) in [6, 6.07) is -0.00734. The topological polar surface area (TPSA) is 54.7 Å². The van der Waals surface area contributed by atoms with Gasteiger partial charge in [0, 0.05) is 19.0 Å². The number of carbonyl (C=O) groups excluding carboxylic acids is 1. The Bertz CT molecular complexity index is 963. The molecule has 1 aliphatic carbocycles. The number of carbonyl (C=O) groups is 1. The van der Waals surface area contributed by atoms with Crippen LogP contribution in [0.15, 0.2) is 33.9 Å². The molecule has 156 valence electrons. The molecule has 1 amide bonds. The van der Waals surface area contributed by atoms with Gasteiger partial charge in [-0.1, -0.05) is 16.7 Å². The fourth-order valence-electron chi connectivity index (χ4n) is 2.72. The summed E-state index contributed by atoms with van der Waals surface area (Å²) in [7, 11) is 1.11. The molecular formula is C16H11ClF7N4O+. The maximum absolute atomic E-state index is 14.7. The largest absolute Gasteiger partial charge is 0.439 e. The minimum absolute atomic E-state index is 0.406. The van der Waals surface area contributed by atoms with Gasteiger partial charge in [0.2, 0.25) is 5.71 Å². The number of aromatic nitrogens is 1. The van der Waals surface area contributed by atoms with E-state index in [1.54, 1.807) is 0 Å². The SMILES string of the molecule is C[N+]1(C2CC2)N=C(C(F)(F)F)C(C(=O)N=Cc2ncc(C(F)(F)F)cc2Cl)=C1F. The molecule has 1 unspecified atom stereocenters. The molecule has 2 heterocycles. The van der Waals surface area contributed by atoms with Crippen molar-refractivity contribution in [1.29, 1.82) is 0 Å². The molecule has 1 atom stereocenters. The molecule has 0 aromatic carbocycles. The molecule has 3 rings (SSSR count). The van der Waals surface area contributed by atoms with Gasteiger partial charge < -0.3 is 0 Å². The Morgan fingerprint density at radius 1 is 1.24 bits per heavy atom. The van der Waals surface area contributed by atoms with Crippen LogP contribution in [0.4, 0.5) is 30.7 Å². The smallest absolute Gasteiger partial charge is 0.266 e. The lowest BCUT2D eigenvalue weighted by molar-refractivity contribution is -0.897. The van der Waals surface area contributed by atoms with E-state index in [0.717, 1.165) is 7.05 Å². The molecule has 0 saturated heterocycles. The Kier molecular flexibility index (Phi) is 5.06. The highest BCUT2D eigenvalue weighted by Gasteiger charge is 2.59. The van der Waals surface area contributed by atoms with E-state index in [-0.39, 0.29) is 0 Å². The third-order valence-corrected chi connectivity index (χ3v) is 4.69. The molecule has 5 nitrogen and oxygen atoms in total. The molecule has 1 fully saturated rings. The second-order valence-electron chi connectivity index (χ2n) is 6.52. The highest BCUT2D eigenvalue weighted by atomic mass is 35.5. The van der Waals surface area contributed by atoms with Crippen LogP contribution in [0.2, 0.25) is 5.02 Å². The zero-order chi connectivity index (χ0) is 21.8. The molecule has 13 heteroatoms. The molecule has 1 saturated carbocycles. The van der Waals surface area contributed by atoms with Gasteiger partial charge in [-0.15, -0.1) is 8.98 Å². The molecule has 29 heavy (non-hydrogen) atoms. The molecule has 1 aromatic heterocycles. The highest BCUT2D eigenvalue weighted by molar-refractivity contribution is 6.33. The van der Waals surface area contributed by atoms with E-state index in [0.29, 0.717) is 31.3 Å². The maximum Gasteiger partial charge on any atom is 0.439 e. The lowest BCUT2D eigenvalue weighted by Gasteiger charge is -2.21. The van der Waals surface area contributed by atoms with Crippen LogP contribution in [0.3, 0.4) is 0 Å². The number of amides is 1. The minimum Gasteiger partial charge on any atom is -0.266 e. The predicted molar refractivity (Wildman–Crippen MR) is 87.7 cm³/mol. The summed E-state index contributed by atoms with van der Waals surface area (Å²) in [5.74, 6) is -2.99. The number of pyridine rings is 1. The molecular weight excluding hydrogens is 433 g/mol.